The first-order valence-electron chi connectivity index (χ1n) is 34.9. The molecule has 0 N–H and O–H groups in total. The minimum Gasteiger partial charge on any atom is -0.467 e. The Balaban J connectivity index is 0.000000330. The van der Waals surface area contributed by atoms with Crippen LogP contribution in [0.2, 0.25) is 0 Å². The highest BCUT2D eigenvalue weighted by atomic mass is 19.2. The maximum Gasteiger partial charge on any atom is 0.374 e. The van der Waals surface area contributed by atoms with E-state index in [-0.39, 0.29) is 91.8 Å². The first-order valence-corrected chi connectivity index (χ1v) is 34.9. The lowest BCUT2D eigenvalue weighted by Crippen LogP contribution is -2.42. The zero-order valence-electron chi connectivity index (χ0n) is 62.4. The minimum absolute atomic E-state index is 0.0598. The number of carbonyl (C=O) groups is 12. The first-order chi connectivity index (χ1) is 51.2. The number of halogens is 2. The van der Waals surface area contributed by atoms with Crippen LogP contribution in [-0.4, -0.2) is 284 Å². The highest BCUT2D eigenvalue weighted by Crippen LogP contribution is 2.28. The first kappa shape index (κ1) is 94.1. The van der Waals surface area contributed by atoms with Crippen LogP contribution in [0.5, 0.6) is 0 Å². The minimum atomic E-state index is -2.38. The largest absolute Gasteiger partial charge is 0.467 e. The van der Waals surface area contributed by atoms with Crippen LogP contribution in [0.15, 0.2) is 0 Å². The van der Waals surface area contributed by atoms with Crippen molar-refractivity contribution in [2.75, 3.05) is 109 Å². The van der Waals surface area contributed by atoms with Crippen LogP contribution in [0, 0.1) is 0 Å². The summed E-state index contributed by atoms with van der Waals surface area (Å²) in [5.41, 5.74) is 0. The highest BCUT2D eigenvalue weighted by molar-refractivity contribution is 5.89. The summed E-state index contributed by atoms with van der Waals surface area (Å²) < 4.78 is 151. The molecule has 107 heavy (non-hydrogen) atoms. The molecule has 2 aliphatic carbocycles. The van der Waals surface area contributed by atoms with Gasteiger partial charge in [-0.2, -0.15) is 4.39 Å². The van der Waals surface area contributed by atoms with Gasteiger partial charge in [-0.25, -0.2) is 61.9 Å². The molecule has 0 radical (unpaired) electrons. The molecule has 9 aliphatic rings. The van der Waals surface area contributed by atoms with E-state index in [9.17, 15) is 66.3 Å². The lowest BCUT2D eigenvalue weighted by molar-refractivity contribution is -0.183. The van der Waals surface area contributed by atoms with E-state index in [2.05, 4.69) is 37.9 Å². The molecule has 614 valence electrons. The van der Waals surface area contributed by atoms with Crippen molar-refractivity contribution in [2.24, 2.45) is 0 Å². The molecule has 7 saturated heterocycles. The van der Waals surface area contributed by atoms with E-state index in [1.807, 2.05) is 13.8 Å². The van der Waals surface area contributed by atoms with Gasteiger partial charge in [0, 0.05) is 0 Å². The van der Waals surface area contributed by atoms with E-state index >= 15 is 0 Å². The number of methoxy groups -OCH3 is 4. The molecule has 0 aromatic heterocycles. The van der Waals surface area contributed by atoms with Crippen LogP contribution in [0.3, 0.4) is 0 Å². The summed E-state index contributed by atoms with van der Waals surface area (Å²) in [5.74, 6) is -10.0. The lowest BCUT2D eigenvalue weighted by Gasteiger charge is -2.25. The van der Waals surface area contributed by atoms with Crippen molar-refractivity contribution in [3.63, 3.8) is 0 Å². The Labute approximate surface area is 617 Å². The standard InChI is InChI=1S/C17H26O6.C13H22O6.C11H18O6.C9H14O6.C7H10O6.2C5H7FO4/c18-16(22-12-7-3-1-4-8-12)14-15(21-11-20-14)17(19)23-13-9-5-2-6-10-13;1-3-5-7-16-12(14)10-11(19-9-18-10)13(15)17-8-6-4-2;1-6(2)16-10(12)8-9(15-5-14-8)11(13)17-7(3)4;1-3-12-8(10)6-7(15-5-14-6)9(11)13-4-2;1-10-6(8)4-5(7(9)11-2)13-3-12-4;1-8-4(7)5(6)2-9-3-10-5;1-8-5(7)3-4(6)10-2-9-3/h12-15H,1-11H2;10-11H,3-9H2,1-2H3;6-9H,5H2,1-4H3;6-7H,3-5H2,1-2H3;4-5H,3H2,1-2H3;2-3H2,1H3;3-4H,2H2,1H3. The van der Waals surface area contributed by atoms with Gasteiger partial charge in [-0.15, -0.1) is 0 Å². The molecule has 0 spiro atoms. The zero-order valence-corrected chi connectivity index (χ0v) is 62.4. The Hall–Kier alpha value is -7.06. The summed E-state index contributed by atoms with van der Waals surface area (Å²) in [4.78, 5) is 137. The second-order valence-electron chi connectivity index (χ2n) is 24.0. The second-order valence-corrected chi connectivity index (χ2v) is 24.0. The van der Waals surface area contributed by atoms with Crippen molar-refractivity contribution in [3.8, 4) is 0 Å². The van der Waals surface area contributed by atoms with Gasteiger partial charge in [0.25, 0.3) is 0 Å². The maximum absolute atomic E-state index is 12.9. The van der Waals surface area contributed by atoms with Gasteiger partial charge in [0.1, 0.15) is 52.8 Å². The molecular formula is C67H104F2O38. The molecule has 7 heterocycles. The molecule has 0 bridgehead atoms. The smallest absolute Gasteiger partial charge is 0.374 e. The van der Waals surface area contributed by atoms with E-state index < -0.39 is 151 Å². The molecule has 0 aromatic rings. The van der Waals surface area contributed by atoms with Crippen molar-refractivity contribution >= 4 is 71.6 Å². The number of hydrogen-bond donors (Lipinski definition) is 0. The molecule has 0 amide bonds. The Morgan fingerprint density at radius 3 is 0.925 bits per heavy atom. The van der Waals surface area contributed by atoms with E-state index in [0.717, 1.165) is 91.3 Å². The third kappa shape index (κ3) is 33.0. The fourth-order valence-corrected chi connectivity index (χ4v) is 9.88. The van der Waals surface area contributed by atoms with Gasteiger partial charge in [-0.05, 0) is 106 Å². The predicted molar refractivity (Wildman–Crippen MR) is 346 cm³/mol. The number of carbonyl (C=O) groups excluding carboxylic acids is 12. The third-order valence-electron chi connectivity index (χ3n) is 15.3. The van der Waals surface area contributed by atoms with Crippen LogP contribution in [0.25, 0.3) is 0 Å². The van der Waals surface area contributed by atoms with Gasteiger partial charge in [0.15, 0.2) is 74.6 Å². The van der Waals surface area contributed by atoms with Crippen LogP contribution < -0.4 is 0 Å². The number of esters is 12. The van der Waals surface area contributed by atoms with E-state index in [0.29, 0.717) is 13.2 Å². The number of alkyl halides is 2. The zero-order chi connectivity index (χ0) is 79.4. The quantitative estimate of drug-likeness (QED) is 0.0761. The van der Waals surface area contributed by atoms with Gasteiger partial charge >= 0.3 is 77.5 Å². The highest BCUT2D eigenvalue weighted by Gasteiger charge is 2.49. The average Bonchev–Trinajstić information content (AvgIpc) is 1.73. The van der Waals surface area contributed by atoms with Crippen molar-refractivity contribution in [2.45, 2.75) is 249 Å². The number of rotatable bonds is 24. The summed E-state index contributed by atoms with van der Waals surface area (Å²) in [7, 11) is 4.67. The molecule has 0 aromatic carbocycles. The normalized spacial score (nSPS) is 27.0. The molecule has 9 rings (SSSR count). The van der Waals surface area contributed by atoms with Gasteiger partial charge in [-0.1, -0.05) is 39.5 Å². The molecular weight excluding hydrogens is 1450 g/mol. The molecule has 38 nitrogen and oxygen atoms in total. The van der Waals surface area contributed by atoms with E-state index in [1.165, 1.54) is 27.1 Å². The van der Waals surface area contributed by atoms with Gasteiger partial charge in [0.05, 0.1) is 67.1 Å². The van der Waals surface area contributed by atoms with Crippen molar-refractivity contribution < 1.29 is 189 Å². The average molecular weight is 1560 g/mol. The van der Waals surface area contributed by atoms with Crippen molar-refractivity contribution in [3.05, 3.63) is 0 Å². The van der Waals surface area contributed by atoms with E-state index in [4.69, 9.17) is 85.3 Å². The lowest BCUT2D eigenvalue weighted by atomic mass is 9.97. The monoisotopic (exact) mass is 1550 g/mol. The second kappa shape index (κ2) is 52.1. The molecule has 13 unspecified atom stereocenters. The third-order valence-corrected chi connectivity index (χ3v) is 15.3. The Kier molecular flexibility index (Phi) is 45.9. The Bertz CT molecular complexity index is 2560. The van der Waals surface area contributed by atoms with Crippen molar-refractivity contribution in [1.29, 1.82) is 0 Å². The summed E-state index contributed by atoms with van der Waals surface area (Å²) in [6, 6.07) is 0. The van der Waals surface area contributed by atoms with Crippen LogP contribution in [0.4, 0.5) is 8.78 Å². The summed E-state index contributed by atoms with van der Waals surface area (Å²) in [6.07, 6.45) is -0.0363. The Morgan fingerprint density at radius 2 is 0.654 bits per heavy atom. The molecule has 7 aliphatic heterocycles. The maximum atomic E-state index is 12.9. The number of ether oxygens (including phenoxy) is 26. The van der Waals surface area contributed by atoms with Crippen LogP contribution in [0.1, 0.15) is 145 Å². The van der Waals surface area contributed by atoms with Gasteiger partial charge in [-0.3, -0.25) is 0 Å². The fraction of sp³-hybridized carbons (Fsp3) is 0.821. The molecule has 40 heteroatoms. The van der Waals surface area contributed by atoms with E-state index in [1.54, 1.807) is 41.5 Å². The summed E-state index contributed by atoms with van der Waals surface area (Å²) in [6.45, 7) is 14.0. The van der Waals surface area contributed by atoms with Gasteiger partial charge in [0.2, 0.25) is 12.5 Å². The topological polar surface area (TPSA) is 445 Å². The SMILES string of the molecule is CC(C)OC(=O)C1OCOC1C(=O)OC(C)C.CCCCOC(=O)C1OCOC1C(=O)OCCCC.CCOC(=O)C1OCOC1C(=O)OCC.COC(=O)C1(F)COCO1.COC(=O)C1OCOC1C(=O)OC.COC(=O)C1OCOC1F.O=C(OC1CCCCC1)C1OCOC1C(=O)OC1CCCCC1. The number of hydrogen-bond acceptors (Lipinski definition) is 38. The van der Waals surface area contributed by atoms with Crippen LogP contribution >= 0.6 is 0 Å². The summed E-state index contributed by atoms with van der Waals surface area (Å²) in [5, 5.41) is 0. The Morgan fingerprint density at radius 1 is 0.364 bits per heavy atom. The fourth-order valence-electron chi connectivity index (χ4n) is 9.88. The predicted octanol–water partition coefficient (Wildman–Crippen LogP) is 3.11. The summed E-state index contributed by atoms with van der Waals surface area (Å²) >= 11 is 0. The van der Waals surface area contributed by atoms with Crippen molar-refractivity contribution in [1.82, 2.24) is 0 Å². The molecule has 13 atom stereocenters. The van der Waals surface area contributed by atoms with Crippen LogP contribution in [-0.2, 0) is 181 Å². The van der Waals surface area contributed by atoms with Gasteiger partial charge < -0.3 is 123 Å². The molecule has 2 saturated carbocycles. The molecule has 9 fully saturated rings. The number of unbranched alkanes of at least 4 members (excludes halogenated alkanes) is 2.